The summed E-state index contributed by atoms with van der Waals surface area (Å²) < 4.78 is 0. The van der Waals surface area contributed by atoms with Crippen molar-refractivity contribution in [2.24, 2.45) is 0 Å². The molecular weight excluding hydrogens is 550 g/mol. The maximum absolute atomic E-state index is 12.0. The van der Waals surface area contributed by atoms with Crippen LogP contribution in [0, 0.1) is 0 Å². The van der Waals surface area contributed by atoms with Crippen LogP contribution in [-0.4, -0.2) is 21.5 Å². The van der Waals surface area contributed by atoms with Gasteiger partial charge in [-0.05, 0) is 52.3 Å². The fraction of sp³-hybridized carbons (Fsp3) is 0.0263. The van der Waals surface area contributed by atoms with Crippen molar-refractivity contribution in [1.82, 2.24) is 0 Å². The second-order valence-electron chi connectivity index (χ2n) is 10.1. The summed E-state index contributed by atoms with van der Waals surface area (Å²) in [6.07, 6.45) is -1.71. The van der Waals surface area contributed by atoms with E-state index in [1.165, 1.54) is 0 Å². The maximum atomic E-state index is 12.0. The van der Waals surface area contributed by atoms with Crippen molar-refractivity contribution in [2.75, 3.05) is 0 Å². The first-order valence-corrected chi connectivity index (χ1v) is 17.6. The Morgan fingerprint density at radius 3 is 0.857 bits per heavy atom. The highest BCUT2D eigenvalue weighted by atomic mass is 31.2. The van der Waals surface area contributed by atoms with Crippen molar-refractivity contribution in [2.45, 2.75) is 6.29 Å². The van der Waals surface area contributed by atoms with Crippen LogP contribution in [0.4, 0.5) is 0 Å². The Balaban J connectivity index is 2.00. The molecule has 6 rings (SSSR count). The Hall–Kier alpha value is -4.03. The van der Waals surface area contributed by atoms with Crippen molar-refractivity contribution < 1.29 is 10.2 Å². The monoisotopic (exact) mass is 583 g/mol. The van der Waals surface area contributed by atoms with Gasteiger partial charge < -0.3 is 10.2 Å². The number of aliphatic hydroxyl groups is 2. The highest BCUT2D eigenvalue weighted by molar-refractivity contribution is 8.20. The predicted octanol–water partition coefficient (Wildman–Crippen LogP) is 5.42. The standard InChI is InChI=1S/C38H33O2P2/c39-37(40)38(41(31-19-7-1-8-20-31,32-21-9-2-10-22-32)33-23-11-3-12-24-33)42(34-25-13-4-14-26-34,35-27-15-5-16-28-35)36-29-17-6-18-30-36/h1-30,37,39-40H/q+1. The number of rotatable bonds is 8. The van der Waals surface area contributed by atoms with Gasteiger partial charge in [0.05, 0.1) is 0 Å². The molecule has 6 aromatic rings. The minimum atomic E-state index is -2.87. The summed E-state index contributed by atoms with van der Waals surface area (Å²) >= 11 is 0. The lowest BCUT2D eigenvalue weighted by Crippen LogP contribution is -2.45. The van der Waals surface area contributed by atoms with Gasteiger partial charge in [-0.15, -0.1) is 0 Å². The lowest BCUT2D eigenvalue weighted by atomic mass is 10.4. The van der Waals surface area contributed by atoms with Gasteiger partial charge in [0.2, 0.25) is 6.29 Å². The van der Waals surface area contributed by atoms with Gasteiger partial charge in [-0.25, -0.2) is 0 Å². The summed E-state index contributed by atoms with van der Waals surface area (Å²) in [6.45, 7) is -2.87. The molecule has 0 saturated heterocycles. The quantitative estimate of drug-likeness (QED) is 0.186. The molecule has 206 valence electrons. The first-order valence-electron chi connectivity index (χ1n) is 14.1. The average molecular weight is 584 g/mol. The predicted molar refractivity (Wildman–Crippen MR) is 184 cm³/mol. The van der Waals surface area contributed by atoms with Crippen LogP contribution >= 0.6 is 14.1 Å². The summed E-state index contributed by atoms with van der Waals surface area (Å²) in [7, 11) is -2.87. The fourth-order valence-electron chi connectivity index (χ4n) is 6.17. The lowest BCUT2D eigenvalue weighted by molar-refractivity contribution is 0.0238. The molecular formula is C38H33O2P2+. The molecule has 6 aromatic carbocycles. The Morgan fingerprint density at radius 1 is 0.381 bits per heavy atom. The first-order chi connectivity index (χ1) is 20.7. The van der Waals surface area contributed by atoms with E-state index in [-0.39, 0.29) is 0 Å². The van der Waals surface area contributed by atoms with Gasteiger partial charge in [0.25, 0.3) is 0 Å². The second-order valence-corrected chi connectivity index (χ2v) is 17.2. The maximum Gasteiger partial charge on any atom is 0.213 e. The number of benzene rings is 6. The molecule has 0 saturated carbocycles. The van der Waals surface area contributed by atoms with Crippen LogP contribution < -0.4 is 31.8 Å². The molecule has 0 aliphatic rings. The number of hydrogen-bond donors (Lipinski definition) is 2. The van der Waals surface area contributed by atoms with E-state index in [1.54, 1.807) is 0 Å². The van der Waals surface area contributed by atoms with E-state index in [9.17, 15) is 10.2 Å². The summed E-state index contributed by atoms with van der Waals surface area (Å²) in [5.41, 5.74) is 0. The Kier molecular flexibility index (Phi) is 8.34. The highest BCUT2D eigenvalue weighted by Crippen LogP contribution is 2.66. The zero-order valence-corrected chi connectivity index (χ0v) is 25.0. The van der Waals surface area contributed by atoms with Gasteiger partial charge in [0.1, 0.15) is 28.2 Å². The van der Waals surface area contributed by atoms with Crippen LogP contribution in [-0.2, 0) is 0 Å². The summed E-state index contributed by atoms with van der Waals surface area (Å²) in [4.78, 5) is 0. The largest absolute Gasteiger partial charge is 0.362 e. The van der Waals surface area contributed by atoms with Gasteiger partial charge in [-0.1, -0.05) is 146 Å². The zero-order chi connectivity index (χ0) is 28.8. The third kappa shape index (κ3) is 4.78. The van der Waals surface area contributed by atoms with E-state index >= 15 is 0 Å². The van der Waals surface area contributed by atoms with E-state index < -0.39 is 20.4 Å². The summed E-state index contributed by atoms with van der Waals surface area (Å²) in [5, 5.41) is 31.3. The first kappa shape index (κ1) is 28.1. The smallest absolute Gasteiger partial charge is 0.213 e. The van der Waals surface area contributed by atoms with E-state index in [4.69, 9.17) is 0 Å². The van der Waals surface area contributed by atoms with Gasteiger partial charge in [-0.2, -0.15) is 0 Å². The molecule has 42 heavy (non-hydrogen) atoms. The molecule has 0 radical (unpaired) electrons. The van der Waals surface area contributed by atoms with E-state index in [0.29, 0.717) is 0 Å². The zero-order valence-electron chi connectivity index (χ0n) is 23.2. The van der Waals surface area contributed by atoms with Crippen molar-refractivity contribution in [3.05, 3.63) is 182 Å². The van der Waals surface area contributed by atoms with Crippen LogP contribution in [0.15, 0.2) is 182 Å². The SMILES string of the molecule is OC(O)C(=P(c1ccccc1)(c1ccccc1)c1ccccc1)[P+](c1ccccc1)(c1ccccc1)c1ccccc1. The van der Waals surface area contributed by atoms with E-state index in [1.807, 2.05) is 36.4 Å². The van der Waals surface area contributed by atoms with Crippen molar-refractivity contribution in [1.29, 1.82) is 0 Å². The molecule has 0 spiro atoms. The third-order valence-corrected chi connectivity index (χ3v) is 17.9. The molecule has 0 amide bonds. The molecule has 0 aliphatic heterocycles. The molecule has 0 unspecified atom stereocenters. The van der Waals surface area contributed by atoms with Gasteiger partial charge in [0.15, 0.2) is 0 Å². The van der Waals surface area contributed by atoms with Gasteiger partial charge in [-0.3, -0.25) is 0 Å². The van der Waals surface area contributed by atoms with Crippen LogP contribution in [0.25, 0.3) is 0 Å². The topological polar surface area (TPSA) is 40.5 Å². The molecule has 0 atom stereocenters. The fourth-order valence-corrected chi connectivity index (χ4v) is 17.8. The highest BCUT2D eigenvalue weighted by Gasteiger charge is 2.56. The normalized spacial score (nSPS) is 11.8. The van der Waals surface area contributed by atoms with Gasteiger partial charge in [0, 0.05) is 6.89 Å². The second kappa shape index (κ2) is 12.5. The van der Waals surface area contributed by atoms with Crippen LogP contribution in [0.5, 0.6) is 0 Å². The Morgan fingerprint density at radius 2 is 0.619 bits per heavy atom. The van der Waals surface area contributed by atoms with Crippen molar-refractivity contribution in [3.8, 4) is 0 Å². The molecule has 0 aliphatic carbocycles. The summed E-state index contributed by atoms with van der Waals surface area (Å²) in [5.74, 6) is 0. The van der Waals surface area contributed by atoms with E-state index in [2.05, 4.69) is 146 Å². The molecule has 0 bridgehead atoms. The molecule has 2 nitrogen and oxygen atoms in total. The molecule has 0 fully saturated rings. The minimum Gasteiger partial charge on any atom is -0.362 e. The van der Waals surface area contributed by atoms with Crippen molar-refractivity contribution >= 4 is 51.0 Å². The Bertz CT molecular complexity index is 1570. The van der Waals surface area contributed by atoms with Gasteiger partial charge >= 0.3 is 0 Å². The minimum absolute atomic E-state index is 0.752. The molecule has 4 heteroatoms. The number of hydrogen-bond acceptors (Lipinski definition) is 2. The molecule has 2 N–H and O–H groups in total. The van der Waals surface area contributed by atoms with Crippen LogP contribution in [0.1, 0.15) is 0 Å². The lowest BCUT2D eigenvalue weighted by Gasteiger charge is -2.38. The Labute approximate surface area is 248 Å². The van der Waals surface area contributed by atoms with E-state index in [0.717, 1.165) is 36.9 Å². The molecule has 0 heterocycles. The third-order valence-electron chi connectivity index (χ3n) is 7.78. The van der Waals surface area contributed by atoms with Crippen LogP contribution in [0.3, 0.4) is 0 Å². The molecule has 0 aromatic heterocycles. The average Bonchev–Trinajstić information content (AvgIpc) is 3.07. The van der Waals surface area contributed by atoms with Crippen molar-refractivity contribution in [3.63, 3.8) is 0 Å². The summed E-state index contributed by atoms with van der Waals surface area (Å²) in [6, 6.07) is 62.8. The number of aliphatic hydroxyl groups excluding tert-OH is 1. The van der Waals surface area contributed by atoms with Crippen LogP contribution in [0.2, 0.25) is 0 Å².